The van der Waals surface area contributed by atoms with Crippen LogP contribution in [0.4, 0.5) is 0 Å². The second-order valence-corrected chi connectivity index (χ2v) is 4.50. The fourth-order valence-electron chi connectivity index (χ4n) is 1.98. The van der Waals surface area contributed by atoms with E-state index in [2.05, 4.69) is 15.9 Å². The standard InChI is InChI=1S/C9H12BrNO3/c1-9(5-10)8(13)11-4-2-3-6(11)7(12)14-9/h6H,2-5H2,1H3/t6-,9?/m1/s1. The lowest BCUT2D eigenvalue weighted by Gasteiger charge is -2.39. The number of alkyl halides is 1. The molecule has 2 rings (SSSR count). The third-order valence-corrected chi connectivity index (χ3v) is 3.89. The van der Waals surface area contributed by atoms with E-state index in [0.717, 1.165) is 12.8 Å². The molecule has 1 unspecified atom stereocenters. The van der Waals surface area contributed by atoms with Crippen molar-refractivity contribution in [3.8, 4) is 0 Å². The van der Waals surface area contributed by atoms with E-state index in [0.29, 0.717) is 11.9 Å². The van der Waals surface area contributed by atoms with E-state index in [9.17, 15) is 9.59 Å². The second kappa shape index (κ2) is 3.22. The van der Waals surface area contributed by atoms with Gasteiger partial charge in [0.15, 0.2) is 5.60 Å². The molecule has 14 heavy (non-hydrogen) atoms. The van der Waals surface area contributed by atoms with Gasteiger partial charge in [0.25, 0.3) is 5.91 Å². The Morgan fingerprint density at radius 2 is 2.36 bits per heavy atom. The summed E-state index contributed by atoms with van der Waals surface area (Å²) in [5.74, 6) is -0.333. The minimum atomic E-state index is -1.00. The monoisotopic (exact) mass is 261 g/mol. The van der Waals surface area contributed by atoms with E-state index in [1.807, 2.05) is 0 Å². The topological polar surface area (TPSA) is 46.6 Å². The Labute approximate surface area is 90.7 Å². The lowest BCUT2D eigenvalue weighted by molar-refractivity contribution is -0.185. The number of morpholine rings is 1. The molecule has 0 aromatic rings. The van der Waals surface area contributed by atoms with Crippen molar-refractivity contribution in [3.05, 3.63) is 0 Å². The summed E-state index contributed by atoms with van der Waals surface area (Å²) < 4.78 is 5.17. The van der Waals surface area contributed by atoms with Crippen LogP contribution in [0.5, 0.6) is 0 Å². The van der Waals surface area contributed by atoms with Gasteiger partial charge in [0.2, 0.25) is 0 Å². The number of ether oxygens (including phenoxy) is 1. The van der Waals surface area contributed by atoms with E-state index in [1.165, 1.54) is 0 Å². The fraction of sp³-hybridized carbons (Fsp3) is 0.778. The number of carbonyl (C=O) groups excluding carboxylic acids is 2. The summed E-state index contributed by atoms with van der Waals surface area (Å²) in [6.07, 6.45) is 1.63. The first-order chi connectivity index (χ1) is 6.58. The van der Waals surface area contributed by atoms with Crippen molar-refractivity contribution in [2.45, 2.75) is 31.4 Å². The first-order valence-electron chi connectivity index (χ1n) is 4.68. The summed E-state index contributed by atoms with van der Waals surface area (Å²) >= 11 is 3.21. The molecular formula is C9H12BrNO3. The predicted octanol–water partition coefficient (Wildman–Crippen LogP) is 0.688. The number of esters is 1. The van der Waals surface area contributed by atoms with Gasteiger partial charge < -0.3 is 9.64 Å². The fourth-order valence-corrected chi connectivity index (χ4v) is 2.33. The number of amides is 1. The highest BCUT2D eigenvalue weighted by Crippen LogP contribution is 2.31. The minimum absolute atomic E-state index is 0.0727. The smallest absolute Gasteiger partial charge is 0.329 e. The van der Waals surface area contributed by atoms with Crippen LogP contribution >= 0.6 is 15.9 Å². The van der Waals surface area contributed by atoms with Crippen LogP contribution in [0.3, 0.4) is 0 Å². The minimum Gasteiger partial charge on any atom is -0.447 e. The summed E-state index contributed by atoms with van der Waals surface area (Å²) in [7, 11) is 0. The summed E-state index contributed by atoms with van der Waals surface area (Å²) in [4.78, 5) is 25.1. The third kappa shape index (κ3) is 1.26. The van der Waals surface area contributed by atoms with E-state index >= 15 is 0 Å². The van der Waals surface area contributed by atoms with Crippen LogP contribution < -0.4 is 0 Å². The quantitative estimate of drug-likeness (QED) is 0.516. The number of nitrogens with zero attached hydrogens (tertiary/aromatic N) is 1. The molecule has 4 nitrogen and oxygen atoms in total. The number of cyclic esters (lactones) is 1. The zero-order valence-electron chi connectivity index (χ0n) is 7.96. The van der Waals surface area contributed by atoms with Gasteiger partial charge in [0.1, 0.15) is 6.04 Å². The maximum absolute atomic E-state index is 11.9. The molecule has 5 heteroatoms. The highest BCUT2D eigenvalue weighted by Gasteiger charge is 2.51. The normalized spacial score (nSPS) is 37.0. The Morgan fingerprint density at radius 1 is 1.64 bits per heavy atom. The number of hydrogen-bond acceptors (Lipinski definition) is 3. The maximum Gasteiger partial charge on any atom is 0.329 e. The zero-order chi connectivity index (χ0) is 10.3. The van der Waals surface area contributed by atoms with Crippen molar-refractivity contribution < 1.29 is 14.3 Å². The lowest BCUT2D eigenvalue weighted by atomic mass is 10.0. The molecule has 2 heterocycles. The summed E-state index contributed by atoms with van der Waals surface area (Å²) in [5.41, 5.74) is -1.00. The van der Waals surface area contributed by atoms with Crippen LogP contribution in [-0.4, -0.2) is 40.3 Å². The molecule has 0 aromatic heterocycles. The van der Waals surface area contributed by atoms with Gasteiger partial charge >= 0.3 is 5.97 Å². The Kier molecular flexibility index (Phi) is 2.29. The maximum atomic E-state index is 11.9. The molecule has 2 saturated heterocycles. The average Bonchev–Trinajstić information content (AvgIpc) is 2.63. The largest absolute Gasteiger partial charge is 0.447 e. The molecule has 0 aliphatic carbocycles. The van der Waals surface area contributed by atoms with Gasteiger partial charge in [-0.05, 0) is 19.8 Å². The van der Waals surface area contributed by atoms with Crippen LogP contribution in [0.1, 0.15) is 19.8 Å². The van der Waals surface area contributed by atoms with Gasteiger partial charge in [-0.3, -0.25) is 4.79 Å². The molecule has 0 saturated carbocycles. The predicted molar refractivity (Wildman–Crippen MR) is 53.0 cm³/mol. The molecule has 0 radical (unpaired) electrons. The van der Waals surface area contributed by atoms with E-state index < -0.39 is 5.60 Å². The lowest BCUT2D eigenvalue weighted by Crippen LogP contribution is -2.60. The molecule has 2 fully saturated rings. The Bertz CT molecular complexity index is 294. The molecule has 2 aliphatic heterocycles. The molecular weight excluding hydrogens is 250 g/mol. The Balaban J connectivity index is 2.29. The van der Waals surface area contributed by atoms with Crippen molar-refractivity contribution >= 4 is 27.8 Å². The number of halogens is 1. The van der Waals surface area contributed by atoms with Crippen LogP contribution in [-0.2, 0) is 14.3 Å². The summed E-state index contributed by atoms with van der Waals surface area (Å²) in [6, 6.07) is -0.324. The molecule has 0 aromatic carbocycles. The third-order valence-electron chi connectivity index (χ3n) is 2.82. The van der Waals surface area contributed by atoms with Crippen LogP contribution in [0.2, 0.25) is 0 Å². The van der Waals surface area contributed by atoms with Crippen LogP contribution in [0.25, 0.3) is 0 Å². The molecule has 1 amide bonds. The first kappa shape index (κ1) is 9.96. The van der Waals surface area contributed by atoms with Crippen LogP contribution in [0, 0.1) is 0 Å². The molecule has 0 spiro atoms. The SMILES string of the molecule is CC1(CBr)OC(=O)[C@H]2CCCN2C1=O. The molecule has 0 N–H and O–H groups in total. The average molecular weight is 262 g/mol. The zero-order valence-corrected chi connectivity index (χ0v) is 9.54. The van der Waals surface area contributed by atoms with Crippen molar-refractivity contribution in [2.24, 2.45) is 0 Å². The first-order valence-corrected chi connectivity index (χ1v) is 5.80. The van der Waals surface area contributed by atoms with Gasteiger partial charge in [0.05, 0.1) is 5.33 Å². The van der Waals surface area contributed by atoms with Crippen molar-refractivity contribution in [2.75, 3.05) is 11.9 Å². The van der Waals surface area contributed by atoms with Crippen molar-refractivity contribution in [3.63, 3.8) is 0 Å². The van der Waals surface area contributed by atoms with E-state index in [-0.39, 0.29) is 17.9 Å². The van der Waals surface area contributed by atoms with Crippen molar-refractivity contribution in [1.29, 1.82) is 0 Å². The van der Waals surface area contributed by atoms with E-state index in [1.54, 1.807) is 11.8 Å². The van der Waals surface area contributed by atoms with Gasteiger partial charge in [-0.1, -0.05) is 15.9 Å². The van der Waals surface area contributed by atoms with Crippen LogP contribution in [0.15, 0.2) is 0 Å². The van der Waals surface area contributed by atoms with Gasteiger partial charge in [-0.2, -0.15) is 0 Å². The summed E-state index contributed by atoms with van der Waals surface area (Å²) in [6.45, 7) is 2.33. The molecule has 78 valence electrons. The number of fused-ring (bicyclic) bond motifs is 1. The van der Waals surface area contributed by atoms with Gasteiger partial charge in [-0.25, -0.2) is 4.79 Å². The highest BCUT2D eigenvalue weighted by atomic mass is 79.9. The number of carbonyl (C=O) groups is 2. The number of rotatable bonds is 1. The molecule has 0 bridgehead atoms. The second-order valence-electron chi connectivity index (χ2n) is 3.94. The molecule has 2 aliphatic rings. The van der Waals surface area contributed by atoms with Crippen molar-refractivity contribution in [1.82, 2.24) is 4.90 Å². The highest BCUT2D eigenvalue weighted by molar-refractivity contribution is 9.09. The van der Waals surface area contributed by atoms with Gasteiger partial charge in [0, 0.05) is 6.54 Å². The number of hydrogen-bond donors (Lipinski definition) is 0. The summed E-state index contributed by atoms with van der Waals surface area (Å²) in [5, 5.41) is 0.355. The Morgan fingerprint density at radius 3 is 3.00 bits per heavy atom. The van der Waals surface area contributed by atoms with Gasteiger partial charge in [-0.15, -0.1) is 0 Å². The Hall–Kier alpha value is -0.580. The molecule has 2 atom stereocenters. The van der Waals surface area contributed by atoms with E-state index in [4.69, 9.17) is 4.74 Å².